The van der Waals surface area contributed by atoms with Gasteiger partial charge in [0.1, 0.15) is 0 Å². The van der Waals surface area contributed by atoms with Crippen LogP contribution in [-0.4, -0.2) is 50.7 Å². The molecule has 0 aromatic heterocycles. The predicted molar refractivity (Wildman–Crippen MR) is 104 cm³/mol. The standard InChI is InChI=1S/C19H29N3O4S/c1-2-3-5-12-20-18(23)15-21-19(24)16-8-10-17(11-9-16)27(25,26)22-13-6-4-7-14-22/h8-11H,2-7,12-15H2,1H3,(H,20,23)(H,21,24). The zero-order valence-corrected chi connectivity index (χ0v) is 16.7. The van der Waals surface area contributed by atoms with Gasteiger partial charge in [-0.05, 0) is 43.5 Å². The molecule has 1 aliphatic heterocycles. The Morgan fingerprint density at radius 2 is 1.67 bits per heavy atom. The van der Waals surface area contributed by atoms with E-state index in [-0.39, 0.29) is 17.3 Å². The molecule has 0 spiro atoms. The first-order valence-electron chi connectivity index (χ1n) is 9.60. The zero-order chi connectivity index (χ0) is 19.7. The molecule has 0 unspecified atom stereocenters. The molecule has 0 bridgehead atoms. The third kappa shape index (κ3) is 6.32. The van der Waals surface area contributed by atoms with Gasteiger partial charge in [-0.1, -0.05) is 26.2 Å². The molecule has 0 aliphatic carbocycles. The molecule has 1 heterocycles. The monoisotopic (exact) mass is 395 g/mol. The van der Waals surface area contributed by atoms with Crippen LogP contribution in [0.1, 0.15) is 55.8 Å². The Morgan fingerprint density at radius 3 is 2.30 bits per heavy atom. The van der Waals surface area contributed by atoms with E-state index >= 15 is 0 Å². The molecular formula is C19H29N3O4S. The number of nitrogens with zero attached hydrogens (tertiary/aromatic N) is 1. The van der Waals surface area contributed by atoms with Gasteiger partial charge in [-0.3, -0.25) is 9.59 Å². The van der Waals surface area contributed by atoms with Gasteiger partial charge in [-0.15, -0.1) is 0 Å². The summed E-state index contributed by atoms with van der Waals surface area (Å²) >= 11 is 0. The van der Waals surface area contributed by atoms with Gasteiger partial charge in [0, 0.05) is 25.2 Å². The van der Waals surface area contributed by atoms with Crippen molar-refractivity contribution in [3.8, 4) is 0 Å². The number of carbonyl (C=O) groups is 2. The summed E-state index contributed by atoms with van der Waals surface area (Å²) in [5, 5.41) is 5.30. The van der Waals surface area contributed by atoms with Gasteiger partial charge in [0.05, 0.1) is 11.4 Å². The minimum Gasteiger partial charge on any atom is -0.355 e. The summed E-state index contributed by atoms with van der Waals surface area (Å²) in [6.45, 7) is 3.67. The number of unbranched alkanes of at least 4 members (excludes halogenated alkanes) is 2. The van der Waals surface area contributed by atoms with Crippen molar-refractivity contribution in [1.82, 2.24) is 14.9 Å². The molecule has 2 amide bonds. The molecule has 1 aromatic carbocycles. The highest BCUT2D eigenvalue weighted by Gasteiger charge is 2.25. The fraction of sp³-hybridized carbons (Fsp3) is 0.579. The second-order valence-corrected chi connectivity index (χ2v) is 8.67. The zero-order valence-electron chi connectivity index (χ0n) is 15.9. The lowest BCUT2D eigenvalue weighted by molar-refractivity contribution is -0.120. The Bertz CT molecular complexity index is 726. The summed E-state index contributed by atoms with van der Waals surface area (Å²) in [5.41, 5.74) is 0.325. The van der Waals surface area contributed by atoms with Crippen LogP contribution in [0.2, 0.25) is 0 Å². The van der Waals surface area contributed by atoms with Gasteiger partial charge < -0.3 is 10.6 Å². The van der Waals surface area contributed by atoms with Crippen LogP contribution < -0.4 is 10.6 Å². The molecule has 8 heteroatoms. The summed E-state index contributed by atoms with van der Waals surface area (Å²) in [7, 11) is -3.51. The van der Waals surface area contributed by atoms with Gasteiger partial charge in [-0.2, -0.15) is 4.31 Å². The number of sulfonamides is 1. The van der Waals surface area contributed by atoms with Crippen molar-refractivity contribution in [3.05, 3.63) is 29.8 Å². The van der Waals surface area contributed by atoms with Crippen LogP contribution >= 0.6 is 0 Å². The first-order chi connectivity index (χ1) is 12.9. The maximum absolute atomic E-state index is 12.6. The SMILES string of the molecule is CCCCCNC(=O)CNC(=O)c1ccc(S(=O)(=O)N2CCCCC2)cc1. The van der Waals surface area contributed by atoms with Gasteiger partial charge in [0.2, 0.25) is 15.9 Å². The molecule has 0 atom stereocenters. The molecule has 27 heavy (non-hydrogen) atoms. The van der Waals surface area contributed by atoms with Crippen molar-refractivity contribution in [2.45, 2.75) is 50.3 Å². The number of carbonyl (C=O) groups excluding carboxylic acids is 2. The summed E-state index contributed by atoms with van der Waals surface area (Å²) in [4.78, 5) is 24.0. The predicted octanol–water partition coefficient (Wildman–Crippen LogP) is 1.90. The van der Waals surface area contributed by atoms with Crippen molar-refractivity contribution >= 4 is 21.8 Å². The second-order valence-electron chi connectivity index (χ2n) is 6.73. The molecule has 1 aromatic rings. The van der Waals surface area contributed by atoms with Crippen LogP contribution in [0.15, 0.2) is 29.2 Å². The number of hydrogen-bond donors (Lipinski definition) is 2. The van der Waals surface area contributed by atoms with Gasteiger partial charge in [-0.25, -0.2) is 8.42 Å². The van der Waals surface area contributed by atoms with Crippen molar-refractivity contribution in [2.75, 3.05) is 26.2 Å². The van der Waals surface area contributed by atoms with Crippen molar-refractivity contribution in [2.24, 2.45) is 0 Å². The van der Waals surface area contributed by atoms with E-state index in [2.05, 4.69) is 17.6 Å². The van der Waals surface area contributed by atoms with Gasteiger partial charge in [0.25, 0.3) is 5.91 Å². The van der Waals surface area contributed by atoms with Crippen molar-refractivity contribution < 1.29 is 18.0 Å². The Labute approximate surface area is 161 Å². The maximum Gasteiger partial charge on any atom is 0.251 e. The van der Waals surface area contributed by atoms with Gasteiger partial charge >= 0.3 is 0 Å². The van der Waals surface area contributed by atoms with Crippen LogP contribution in [0.4, 0.5) is 0 Å². The Balaban J connectivity index is 1.87. The van der Waals surface area contributed by atoms with E-state index < -0.39 is 15.9 Å². The van der Waals surface area contributed by atoms with E-state index in [9.17, 15) is 18.0 Å². The summed E-state index contributed by atoms with van der Waals surface area (Å²) < 4.78 is 26.7. The largest absolute Gasteiger partial charge is 0.355 e. The fourth-order valence-electron chi connectivity index (χ4n) is 2.96. The Kier molecular flexibility index (Phi) is 8.24. The smallest absolute Gasteiger partial charge is 0.251 e. The number of piperidine rings is 1. The van der Waals surface area contributed by atoms with Crippen LogP contribution in [0, 0.1) is 0 Å². The van der Waals surface area contributed by atoms with Gasteiger partial charge in [0.15, 0.2) is 0 Å². The third-order valence-electron chi connectivity index (χ3n) is 4.58. The number of rotatable bonds is 9. The highest BCUT2D eigenvalue weighted by molar-refractivity contribution is 7.89. The first kappa shape index (κ1) is 21.4. The van der Waals surface area contributed by atoms with E-state index in [0.717, 1.165) is 38.5 Å². The lowest BCUT2D eigenvalue weighted by atomic mass is 10.2. The molecule has 2 N–H and O–H groups in total. The fourth-order valence-corrected chi connectivity index (χ4v) is 4.48. The van der Waals surface area contributed by atoms with E-state index in [1.54, 1.807) is 0 Å². The van der Waals surface area contributed by atoms with Crippen molar-refractivity contribution in [3.63, 3.8) is 0 Å². The minimum atomic E-state index is -3.51. The number of benzene rings is 1. The molecule has 0 saturated carbocycles. The Hall–Kier alpha value is -1.93. The molecule has 7 nitrogen and oxygen atoms in total. The number of hydrogen-bond acceptors (Lipinski definition) is 4. The molecule has 0 radical (unpaired) electrons. The Morgan fingerprint density at radius 1 is 1.00 bits per heavy atom. The van der Waals surface area contributed by atoms with E-state index in [4.69, 9.17) is 0 Å². The quantitative estimate of drug-likeness (QED) is 0.624. The highest BCUT2D eigenvalue weighted by Crippen LogP contribution is 2.20. The highest BCUT2D eigenvalue weighted by atomic mass is 32.2. The van der Waals surface area contributed by atoms with E-state index in [1.807, 2.05) is 0 Å². The lowest BCUT2D eigenvalue weighted by Crippen LogP contribution is -2.37. The topological polar surface area (TPSA) is 95.6 Å². The molecule has 2 rings (SSSR count). The van der Waals surface area contributed by atoms with Crippen LogP contribution in [-0.2, 0) is 14.8 Å². The molecule has 1 saturated heterocycles. The number of nitrogens with one attached hydrogen (secondary N) is 2. The van der Waals surface area contributed by atoms with Crippen molar-refractivity contribution in [1.29, 1.82) is 0 Å². The van der Waals surface area contributed by atoms with Crippen LogP contribution in [0.3, 0.4) is 0 Å². The summed E-state index contributed by atoms with van der Waals surface area (Å²) in [6, 6.07) is 5.85. The average molecular weight is 396 g/mol. The number of amides is 2. The second kappa shape index (κ2) is 10.4. The normalized spacial score (nSPS) is 15.3. The average Bonchev–Trinajstić information content (AvgIpc) is 2.70. The lowest BCUT2D eigenvalue weighted by Gasteiger charge is -2.25. The molecular weight excluding hydrogens is 366 g/mol. The van der Waals surface area contributed by atoms with Crippen LogP contribution in [0.25, 0.3) is 0 Å². The molecule has 1 aliphatic rings. The first-order valence-corrected chi connectivity index (χ1v) is 11.0. The minimum absolute atomic E-state index is 0.0984. The summed E-state index contributed by atoms with van der Waals surface area (Å²) in [5.74, 6) is -0.635. The molecule has 150 valence electrons. The maximum atomic E-state index is 12.6. The van der Waals surface area contributed by atoms with E-state index in [0.29, 0.717) is 25.2 Å². The van der Waals surface area contributed by atoms with E-state index in [1.165, 1.54) is 28.6 Å². The third-order valence-corrected chi connectivity index (χ3v) is 6.49. The summed E-state index contributed by atoms with van der Waals surface area (Å²) in [6.07, 6.45) is 5.86. The van der Waals surface area contributed by atoms with Crippen LogP contribution in [0.5, 0.6) is 0 Å². The molecule has 1 fully saturated rings.